The summed E-state index contributed by atoms with van der Waals surface area (Å²) in [7, 11) is 0. The SMILES string of the molecule is CCc1cc[n+](C2=Nc3ccccc3NC2=C(C#N)C#N)cc1. The van der Waals surface area contributed by atoms with E-state index in [1.807, 2.05) is 65.5 Å². The largest absolute Gasteiger partial charge is 0.354 e. The molecule has 0 fully saturated rings. The summed E-state index contributed by atoms with van der Waals surface area (Å²) in [6, 6.07) is 15.4. The van der Waals surface area contributed by atoms with Crippen molar-refractivity contribution in [2.24, 2.45) is 4.99 Å². The minimum atomic E-state index is 0.00493. The maximum absolute atomic E-state index is 9.24. The average molecular weight is 300 g/mol. The molecular formula is C18H14N5+. The van der Waals surface area contributed by atoms with Crippen LogP contribution in [0.1, 0.15) is 12.5 Å². The van der Waals surface area contributed by atoms with E-state index < -0.39 is 0 Å². The number of fused-ring (bicyclic) bond motifs is 1. The van der Waals surface area contributed by atoms with Crippen molar-refractivity contribution in [3.8, 4) is 12.1 Å². The van der Waals surface area contributed by atoms with Gasteiger partial charge in [-0.25, -0.2) is 4.57 Å². The zero-order valence-electron chi connectivity index (χ0n) is 12.6. The Morgan fingerprint density at radius 3 is 2.48 bits per heavy atom. The van der Waals surface area contributed by atoms with Gasteiger partial charge in [-0.05, 0) is 41.2 Å². The highest BCUT2D eigenvalue weighted by Crippen LogP contribution is 2.30. The van der Waals surface area contributed by atoms with E-state index in [4.69, 9.17) is 0 Å². The summed E-state index contributed by atoms with van der Waals surface area (Å²) in [5, 5.41) is 21.6. The molecule has 1 aliphatic heterocycles. The van der Waals surface area contributed by atoms with Crippen molar-refractivity contribution < 1.29 is 4.57 Å². The number of allylic oxidation sites excluding steroid dienone is 2. The molecule has 0 bridgehead atoms. The summed E-state index contributed by atoms with van der Waals surface area (Å²) in [6.07, 6.45) is 4.72. The Kier molecular flexibility index (Phi) is 3.86. The molecule has 3 rings (SSSR count). The van der Waals surface area contributed by atoms with E-state index in [0.29, 0.717) is 11.5 Å². The van der Waals surface area contributed by atoms with E-state index in [-0.39, 0.29) is 5.57 Å². The quantitative estimate of drug-likeness (QED) is 0.650. The molecule has 2 aromatic rings. The van der Waals surface area contributed by atoms with Crippen LogP contribution in [0.2, 0.25) is 0 Å². The molecule has 1 N–H and O–H groups in total. The number of aliphatic imine (C=N–C) groups is 1. The summed E-state index contributed by atoms with van der Waals surface area (Å²) in [5.74, 6) is 0.532. The van der Waals surface area contributed by atoms with E-state index in [9.17, 15) is 10.5 Å². The number of anilines is 1. The highest BCUT2D eigenvalue weighted by atomic mass is 15.1. The summed E-state index contributed by atoms with van der Waals surface area (Å²) >= 11 is 0. The number of pyridine rings is 1. The van der Waals surface area contributed by atoms with E-state index in [1.54, 1.807) is 0 Å². The molecule has 0 spiro atoms. The average Bonchev–Trinajstić information content (AvgIpc) is 2.62. The Morgan fingerprint density at radius 2 is 1.83 bits per heavy atom. The van der Waals surface area contributed by atoms with Crippen molar-refractivity contribution in [1.82, 2.24) is 0 Å². The second kappa shape index (κ2) is 6.13. The van der Waals surface area contributed by atoms with Gasteiger partial charge in [0.1, 0.15) is 12.1 Å². The molecule has 5 nitrogen and oxygen atoms in total. The molecule has 110 valence electrons. The van der Waals surface area contributed by atoms with Gasteiger partial charge < -0.3 is 5.32 Å². The number of aromatic nitrogens is 1. The number of nitrogens with zero attached hydrogens (tertiary/aromatic N) is 4. The van der Waals surface area contributed by atoms with Crippen LogP contribution in [-0.4, -0.2) is 5.84 Å². The zero-order valence-corrected chi connectivity index (χ0v) is 12.6. The van der Waals surface area contributed by atoms with Crippen LogP contribution < -0.4 is 9.88 Å². The van der Waals surface area contributed by atoms with Crippen LogP contribution in [0.4, 0.5) is 11.4 Å². The van der Waals surface area contributed by atoms with Crippen LogP contribution in [-0.2, 0) is 6.42 Å². The van der Waals surface area contributed by atoms with Crippen LogP contribution in [0.25, 0.3) is 0 Å². The van der Waals surface area contributed by atoms with Gasteiger partial charge in [0, 0.05) is 0 Å². The van der Waals surface area contributed by atoms with Crippen LogP contribution in [0.15, 0.2) is 65.1 Å². The lowest BCUT2D eigenvalue weighted by molar-refractivity contribution is -0.554. The second-order valence-electron chi connectivity index (χ2n) is 5.02. The van der Waals surface area contributed by atoms with Crippen molar-refractivity contribution in [2.75, 3.05) is 5.32 Å². The zero-order chi connectivity index (χ0) is 16.2. The van der Waals surface area contributed by atoms with Gasteiger partial charge in [0.05, 0.1) is 18.1 Å². The normalized spacial score (nSPS) is 12.3. The first-order chi connectivity index (χ1) is 11.3. The molecule has 2 heterocycles. The minimum Gasteiger partial charge on any atom is -0.343 e. The molecule has 1 aromatic carbocycles. The van der Waals surface area contributed by atoms with Gasteiger partial charge in [-0.1, -0.05) is 19.1 Å². The number of aryl methyl sites for hydroxylation is 1. The minimum absolute atomic E-state index is 0.00493. The van der Waals surface area contributed by atoms with Crippen molar-refractivity contribution >= 4 is 17.2 Å². The number of hydrogen-bond donors (Lipinski definition) is 1. The Hall–Kier alpha value is -3.44. The molecule has 0 atom stereocenters. The number of hydrogen-bond acceptors (Lipinski definition) is 4. The van der Waals surface area contributed by atoms with Crippen LogP contribution in [0.5, 0.6) is 0 Å². The summed E-state index contributed by atoms with van der Waals surface area (Å²) < 4.78 is 1.81. The molecule has 0 saturated heterocycles. The van der Waals surface area contributed by atoms with Gasteiger partial charge >= 0.3 is 5.84 Å². The molecule has 1 aliphatic rings. The fraction of sp³-hybridized carbons (Fsp3) is 0.111. The van der Waals surface area contributed by atoms with Crippen molar-refractivity contribution in [2.45, 2.75) is 13.3 Å². The number of rotatable bonds is 1. The molecule has 23 heavy (non-hydrogen) atoms. The third-order valence-corrected chi connectivity index (χ3v) is 3.64. The topological polar surface area (TPSA) is 75.8 Å². The Balaban J connectivity index is 2.20. The summed E-state index contributed by atoms with van der Waals surface area (Å²) in [5.41, 5.74) is 3.18. The number of benzene rings is 1. The van der Waals surface area contributed by atoms with Crippen molar-refractivity contribution in [1.29, 1.82) is 10.5 Å². The standard InChI is InChI=1S/C18H14N5/c1-2-13-7-9-23(10-8-13)18-17(14(11-19)12-20)21-15-5-3-4-6-16(15)22-18/h3-10,21H,2H2,1H3/q+1. The molecule has 0 unspecified atom stereocenters. The third-order valence-electron chi connectivity index (χ3n) is 3.64. The summed E-state index contributed by atoms with van der Waals surface area (Å²) in [4.78, 5) is 4.63. The third kappa shape index (κ3) is 2.68. The Labute approximate surface area is 134 Å². The van der Waals surface area contributed by atoms with Crippen LogP contribution in [0, 0.1) is 22.7 Å². The second-order valence-corrected chi connectivity index (χ2v) is 5.02. The van der Waals surface area contributed by atoms with E-state index >= 15 is 0 Å². The number of nitriles is 2. The lowest BCUT2D eigenvalue weighted by atomic mass is 10.1. The van der Waals surface area contributed by atoms with E-state index in [1.165, 1.54) is 5.56 Å². The monoisotopic (exact) mass is 300 g/mol. The Bertz CT molecular complexity index is 876. The first kappa shape index (κ1) is 14.5. The van der Waals surface area contributed by atoms with Crippen molar-refractivity contribution in [3.05, 3.63) is 65.6 Å². The van der Waals surface area contributed by atoms with Gasteiger partial charge in [-0.3, -0.25) is 0 Å². The molecule has 0 aliphatic carbocycles. The van der Waals surface area contributed by atoms with E-state index in [2.05, 4.69) is 17.2 Å². The fourth-order valence-corrected chi connectivity index (χ4v) is 2.37. The molecule has 5 heteroatoms. The van der Waals surface area contributed by atoms with Gasteiger partial charge in [-0.2, -0.15) is 10.5 Å². The highest BCUT2D eigenvalue weighted by molar-refractivity contribution is 6.02. The molecule has 0 saturated carbocycles. The van der Waals surface area contributed by atoms with Crippen molar-refractivity contribution in [3.63, 3.8) is 0 Å². The smallest absolute Gasteiger partial charge is 0.343 e. The maximum atomic E-state index is 9.24. The Morgan fingerprint density at radius 1 is 1.13 bits per heavy atom. The highest BCUT2D eigenvalue weighted by Gasteiger charge is 2.29. The lowest BCUT2D eigenvalue weighted by Crippen LogP contribution is -2.46. The fourth-order valence-electron chi connectivity index (χ4n) is 2.37. The predicted octanol–water partition coefficient (Wildman–Crippen LogP) is 2.84. The van der Waals surface area contributed by atoms with Gasteiger partial charge in [0.15, 0.2) is 17.0 Å². The van der Waals surface area contributed by atoms with Gasteiger partial charge in [-0.15, -0.1) is 0 Å². The molecular weight excluding hydrogens is 286 g/mol. The maximum Gasteiger partial charge on any atom is 0.354 e. The lowest BCUT2D eigenvalue weighted by Gasteiger charge is -2.14. The molecule has 1 aromatic heterocycles. The predicted molar refractivity (Wildman–Crippen MR) is 86.8 cm³/mol. The summed E-state index contributed by atoms with van der Waals surface area (Å²) in [6.45, 7) is 2.09. The molecule has 0 radical (unpaired) electrons. The van der Waals surface area contributed by atoms with Gasteiger partial charge in [0.2, 0.25) is 0 Å². The molecule has 0 amide bonds. The van der Waals surface area contributed by atoms with E-state index in [0.717, 1.165) is 17.8 Å². The first-order valence-electron chi connectivity index (χ1n) is 7.27. The van der Waals surface area contributed by atoms with Gasteiger partial charge in [0.25, 0.3) is 0 Å². The number of para-hydroxylation sites is 2. The first-order valence-corrected chi connectivity index (χ1v) is 7.27. The van der Waals surface area contributed by atoms with Crippen LogP contribution in [0.3, 0.4) is 0 Å². The number of nitrogens with one attached hydrogen (secondary N) is 1. The van der Waals surface area contributed by atoms with Crippen LogP contribution >= 0.6 is 0 Å².